The Morgan fingerprint density at radius 2 is 1.93 bits per heavy atom. The number of carbonyl (C=O) groups excluding carboxylic acids is 1. The van der Waals surface area contributed by atoms with Gasteiger partial charge in [0.15, 0.2) is 0 Å². The van der Waals surface area contributed by atoms with Crippen molar-refractivity contribution in [2.45, 2.75) is 26.4 Å². The predicted octanol–water partition coefficient (Wildman–Crippen LogP) is 1.29. The second-order valence-electron chi connectivity index (χ2n) is 3.74. The summed E-state index contributed by atoms with van der Waals surface area (Å²) in [6.07, 6.45) is -5.24. The highest BCUT2D eigenvalue weighted by Gasteiger charge is 2.27. The average molecular weight is 226 g/mol. The number of amides is 1. The van der Waals surface area contributed by atoms with Crippen molar-refractivity contribution in [2.75, 3.05) is 13.1 Å². The molecule has 1 amide bonds. The first kappa shape index (κ1) is 14.2. The molecule has 0 aliphatic carbocycles. The van der Waals surface area contributed by atoms with Crippen molar-refractivity contribution in [1.82, 2.24) is 5.32 Å². The number of rotatable bonds is 5. The fraction of sp³-hybridized carbons (Fsp3) is 0.889. The molecule has 3 N–H and O–H groups in total. The summed E-state index contributed by atoms with van der Waals surface area (Å²) < 4.78 is 35.3. The topological polar surface area (TPSA) is 55.1 Å². The van der Waals surface area contributed by atoms with Crippen LogP contribution >= 0.6 is 0 Å². The minimum atomic E-state index is -4.23. The quantitative estimate of drug-likeness (QED) is 0.742. The summed E-state index contributed by atoms with van der Waals surface area (Å²) in [5, 5.41) is 2.23. The van der Waals surface area contributed by atoms with Crippen LogP contribution in [0.4, 0.5) is 13.2 Å². The third-order valence-corrected chi connectivity index (χ3v) is 2.10. The number of alkyl halides is 3. The SMILES string of the molecule is CC(C)C(CN)C(=O)NCCC(F)(F)F. The second-order valence-corrected chi connectivity index (χ2v) is 3.74. The summed E-state index contributed by atoms with van der Waals surface area (Å²) in [4.78, 5) is 11.3. The third kappa shape index (κ3) is 6.33. The predicted molar refractivity (Wildman–Crippen MR) is 51.1 cm³/mol. The molecule has 3 nitrogen and oxygen atoms in total. The van der Waals surface area contributed by atoms with Crippen LogP contribution in [0, 0.1) is 11.8 Å². The minimum absolute atomic E-state index is 0.0286. The smallest absolute Gasteiger partial charge is 0.355 e. The molecular formula is C9H17F3N2O. The Kier molecular flexibility index (Phi) is 5.64. The Labute approximate surface area is 87.2 Å². The Hall–Kier alpha value is -0.780. The van der Waals surface area contributed by atoms with E-state index >= 15 is 0 Å². The molecule has 0 fully saturated rings. The van der Waals surface area contributed by atoms with Crippen LogP contribution in [0.2, 0.25) is 0 Å². The fourth-order valence-electron chi connectivity index (χ4n) is 1.14. The maximum atomic E-state index is 11.8. The van der Waals surface area contributed by atoms with E-state index in [-0.39, 0.29) is 19.0 Å². The lowest BCUT2D eigenvalue weighted by Crippen LogP contribution is -2.39. The summed E-state index contributed by atoms with van der Waals surface area (Å²) in [5.74, 6) is -0.795. The van der Waals surface area contributed by atoms with Crippen molar-refractivity contribution in [3.8, 4) is 0 Å². The van der Waals surface area contributed by atoms with E-state index in [2.05, 4.69) is 5.32 Å². The van der Waals surface area contributed by atoms with Gasteiger partial charge in [0.25, 0.3) is 0 Å². The van der Waals surface area contributed by atoms with Crippen molar-refractivity contribution >= 4 is 5.91 Å². The molecule has 0 rings (SSSR count). The molecule has 0 spiro atoms. The Morgan fingerprint density at radius 1 is 1.40 bits per heavy atom. The van der Waals surface area contributed by atoms with Crippen LogP contribution < -0.4 is 11.1 Å². The summed E-state index contributed by atoms with van der Waals surface area (Å²) in [6, 6.07) is 0. The molecular weight excluding hydrogens is 209 g/mol. The highest BCUT2D eigenvalue weighted by molar-refractivity contribution is 5.79. The molecule has 0 aliphatic rings. The molecule has 0 bridgehead atoms. The van der Waals surface area contributed by atoms with Gasteiger partial charge in [0.05, 0.1) is 12.3 Å². The van der Waals surface area contributed by atoms with Gasteiger partial charge in [0, 0.05) is 13.1 Å². The molecule has 0 radical (unpaired) electrons. The first-order valence-corrected chi connectivity index (χ1v) is 4.82. The van der Waals surface area contributed by atoms with Gasteiger partial charge in [-0.2, -0.15) is 13.2 Å². The maximum Gasteiger partial charge on any atom is 0.390 e. The molecule has 0 aromatic rings. The van der Waals surface area contributed by atoms with E-state index in [1.54, 1.807) is 13.8 Å². The lowest BCUT2D eigenvalue weighted by molar-refractivity contribution is -0.136. The van der Waals surface area contributed by atoms with E-state index < -0.39 is 24.4 Å². The molecule has 0 saturated heterocycles. The van der Waals surface area contributed by atoms with Crippen molar-refractivity contribution < 1.29 is 18.0 Å². The Morgan fingerprint density at radius 3 is 2.27 bits per heavy atom. The van der Waals surface area contributed by atoms with E-state index in [0.717, 1.165) is 0 Å². The summed E-state index contributed by atoms with van der Waals surface area (Å²) in [5.41, 5.74) is 5.35. The summed E-state index contributed by atoms with van der Waals surface area (Å²) in [6.45, 7) is 3.38. The van der Waals surface area contributed by atoms with Crippen LogP contribution in [0.15, 0.2) is 0 Å². The van der Waals surface area contributed by atoms with Crippen LogP contribution in [0.25, 0.3) is 0 Å². The van der Waals surface area contributed by atoms with Gasteiger partial charge in [-0.15, -0.1) is 0 Å². The van der Waals surface area contributed by atoms with E-state index in [0.29, 0.717) is 0 Å². The van der Waals surface area contributed by atoms with E-state index in [4.69, 9.17) is 5.73 Å². The number of carbonyl (C=O) groups is 1. The number of nitrogens with two attached hydrogens (primary N) is 1. The van der Waals surface area contributed by atoms with Crippen molar-refractivity contribution in [3.63, 3.8) is 0 Å². The molecule has 0 aliphatic heterocycles. The third-order valence-electron chi connectivity index (χ3n) is 2.10. The lowest BCUT2D eigenvalue weighted by atomic mass is 9.95. The summed E-state index contributed by atoms with van der Waals surface area (Å²) >= 11 is 0. The number of hydrogen-bond donors (Lipinski definition) is 2. The van der Waals surface area contributed by atoms with E-state index in [9.17, 15) is 18.0 Å². The molecule has 0 saturated carbocycles. The van der Waals surface area contributed by atoms with Crippen LogP contribution in [0.5, 0.6) is 0 Å². The zero-order chi connectivity index (χ0) is 12.1. The standard InChI is InChI=1S/C9H17F3N2O/c1-6(2)7(5-13)8(15)14-4-3-9(10,11)12/h6-7H,3-5,13H2,1-2H3,(H,14,15). The number of nitrogens with one attached hydrogen (secondary N) is 1. The fourth-order valence-corrected chi connectivity index (χ4v) is 1.14. The number of halogens is 3. The summed E-state index contributed by atoms with van der Waals surface area (Å²) in [7, 11) is 0. The highest BCUT2D eigenvalue weighted by Crippen LogP contribution is 2.18. The first-order chi connectivity index (χ1) is 6.78. The lowest BCUT2D eigenvalue weighted by Gasteiger charge is -2.18. The van der Waals surface area contributed by atoms with Gasteiger partial charge in [-0.3, -0.25) is 4.79 Å². The normalized spacial score (nSPS) is 14.1. The van der Waals surface area contributed by atoms with Gasteiger partial charge in [-0.05, 0) is 5.92 Å². The van der Waals surface area contributed by atoms with Gasteiger partial charge in [0.2, 0.25) is 5.91 Å². The molecule has 6 heteroatoms. The van der Waals surface area contributed by atoms with E-state index in [1.165, 1.54) is 0 Å². The van der Waals surface area contributed by atoms with Crippen LogP contribution in [-0.4, -0.2) is 25.2 Å². The van der Waals surface area contributed by atoms with Gasteiger partial charge >= 0.3 is 6.18 Å². The zero-order valence-corrected chi connectivity index (χ0v) is 8.90. The minimum Gasteiger partial charge on any atom is -0.355 e. The molecule has 1 atom stereocenters. The largest absolute Gasteiger partial charge is 0.390 e. The molecule has 15 heavy (non-hydrogen) atoms. The molecule has 1 unspecified atom stereocenters. The van der Waals surface area contributed by atoms with Gasteiger partial charge in [0.1, 0.15) is 0 Å². The zero-order valence-electron chi connectivity index (χ0n) is 8.90. The van der Waals surface area contributed by atoms with Crippen molar-refractivity contribution in [2.24, 2.45) is 17.6 Å². The van der Waals surface area contributed by atoms with Gasteiger partial charge in [-0.1, -0.05) is 13.8 Å². The van der Waals surface area contributed by atoms with Crippen LogP contribution in [-0.2, 0) is 4.79 Å². The molecule has 0 aromatic heterocycles. The van der Waals surface area contributed by atoms with E-state index in [1.807, 2.05) is 0 Å². The highest BCUT2D eigenvalue weighted by atomic mass is 19.4. The monoisotopic (exact) mass is 226 g/mol. The molecule has 0 aromatic carbocycles. The molecule has 90 valence electrons. The molecule has 0 heterocycles. The van der Waals surface area contributed by atoms with Crippen LogP contribution in [0.1, 0.15) is 20.3 Å². The second kappa shape index (κ2) is 5.95. The van der Waals surface area contributed by atoms with Gasteiger partial charge < -0.3 is 11.1 Å². The number of hydrogen-bond acceptors (Lipinski definition) is 2. The Bertz CT molecular complexity index is 204. The Balaban J connectivity index is 3.92. The van der Waals surface area contributed by atoms with Crippen LogP contribution in [0.3, 0.4) is 0 Å². The maximum absolute atomic E-state index is 11.8. The first-order valence-electron chi connectivity index (χ1n) is 4.82. The van der Waals surface area contributed by atoms with Crippen molar-refractivity contribution in [3.05, 3.63) is 0 Å². The average Bonchev–Trinajstić information content (AvgIpc) is 2.01. The van der Waals surface area contributed by atoms with Gasteiger partial charge in [-0.25, -0.2) is 0 Å². The van der Waals surface area contributed by atoms with Crippen molar-refractivity contribution in [1.29, 1.82) is 0 Å².